The summed E-state index contributed by atoms with van der Waals surface area (Å²) in [7, 11) is 0. The van der Waals surface area contributed by atoms with Gasteiger partial charge in [0.1, 0.15) is 24.1 Å². The number of aryl methyl sites for hydroxylation is 2. The summed E-state index contributed by atoms with van der Waals surface area (Å²) in [5, 5.41) is 17.0. The molecular weight excluding hydrogens is 252 g/mol. The second-order valence-electron chi connectivity index (χ2n) is 5.09. The first-order valence-corrected chi connectivity index (χ1v) is 6.57. The second-order valence-corrected chi connectivity index (χ2v) is 5.09. The van der Waals surface area contributed by atoms with Crippen LogP contribution in [0.25, 0.3) is 0 Å². The monoisotopic (exact) mass is 270 g/mol. The van der Waals surface area contributed by atoms with E-state index < -0.39 is 0 Å². The zero-order valence-corrected chi connectivity index (χ0v) is 12.2. The molecule has 0 saturated carbocycles. The molecule has 0 saturated heterocycles. The summed E-state index contributed by atoms with van der Waals surface area (Å²) in [5.74, 6) is 0.824. The molecule has 20 heavy (non-hydrogen) atoms. The van der Waals surface area contributed by atoms with Gasteiger partial charge in [-0.1, -0.05) is 17.3 Å². The summed E-state index contributed by atoms with van der Waals surface area (Å²) in [6, 6.07) is 8.26. The van der Waals surface area contributed by atoms with E-state index in [4.69, 9.17) is 10.00 Å². The Labute approximate surface area is 118 Å². The average molecular weight is 270 g/mol. The minimum atomic E-state index is 0.141. The molecule has 5 nitrogen and oxygen atoms in total. The van der Waals surface area contributed by atoms with Gasteiger partial charge in [-0.15, -0.1) is 5.10 Å². The Morgan fingerprint density at radius 1 is 1.35 bits per heavy atom. The number of rotatable bonds is 4. The van der Waals surface area contributed by atoms with Gasteiger partial charge in [0.2, 0.25) is 0 Å². The number of ether oxygens (including phenoxy) is 1. The quantitative estimate of drug-likeness (QED) is 0.856. The third kappa shape index (κ3) is 2.80. The SMILES string of the molecule is Cc1ccc(C)c(OCc2c(C#N)nnn2C(C)C)c1. The van der Waals surface area contributed by atoms with Crippen molar-refractivity contribution in [1.82, 2.24) is 15.0 Å². The Bertz CT molecular complexity index is 652. The molecule has 0 aliphatic rings. The van der Waals surface area contributed by atoms with Gasteiger partial charge in [0.15, 0.2) is 5.69 Å². The van der Waals surface area contributed by atoms with Crippen LogP contribution in [0.4, 0.5) is 0 Å². The summed E-state index contributed by atoms with van der Waals surface area (Å²) in [5.41, 5.74) is 3.24. The predicted octanol–water partition coefficient (Wildman–Crippen LogP) is 2.93. The molecule has 0 aliphatic heterocycles. The van der Waals surface area contributed by atoms with E-state index in [0.29, 0.717) is 18.0 Å². The van der Waals surface area contributed by atoms with E-state index in [-0.39, 0.29) is 6.04 Å². The van der Waals surface area contributed by atoms with Crippen LogP contribution < -0.4 is 4.74 Å². The zero-order valence-electron chi connectivity index (χ0n) is 12.2. The van der Waals surface area contributed by atoms with E-state index in [0.717, 1.165) is 16.9 Å². The van der Waals surface area contributed by atoms with Gasteiger partial charge in [-0.05, 0) is 44.9 Å². The van der Waals surface area contributed by atoms with Crippen molar-refractivity contribution in [2.75, 3.05) is 0 Å². The van der Waals surface area contributed by atoms with Crippen molar-refractivity contribution in [1.29, 1.82) is 5.26 Å². The topological polar surface area (TPSA) is 63.7 Å². The first-order chi connectivity index (χ1) is 9.52. The molecule has 0 fully saturated rings. The third-order valence-electron chi connectivity index (χ3n) is 3.09. The fraction of sp³-hybridized carbons (Fsp3) is 0.400. The van der Waals surface area contributed by atoms with Crippen LogP contribution >= 0.6 is 0 Å². The minimum absolute atomic E-state index is 0.141. The molecular formula is C15H18N4O. The summed E-state index contributed by atoms with van der Waals surface area (Å²) in [6.07, 6.45) is 0. The highest BCUT2D eigenvalue weighted by Crippen LogP contribution is 2.21. The lowest BCUT2D eigenvalue weighted by Gasteiger charge is -2.12. The lowest BCUT2D eigenvalue weighted by atomic mass is 10.1. The molecule has 0 spiro atoms. The lowest BCUT2D eigenvalue weighted by molar-refractivity contribution is 0.285. The zero-order chi connectivity index (χ0) is 14.7. The number of nitriles is 1. The molecule has 1 heterocycles. The number of nitrogens with zero attached hydrogens (tertiary/aromatic N) is 4. The normalized spacial score (nSPS) is 10.6. The molecule has 0 amide bonds. The maximum Gasteiger partial charge on any atom is 0.189 e. The van der Waals surface area contributed by atoms with Gasteiger partial charge >= 0.3 is 0 Å². The maximum absolute atomic E-state index is 9.09. The van der Waals surface area contributed by atoms with E-state index in [1.807, 2.05) is 45.9 Å². The van der Waals surface area contributed by atoms with E-state index in [1.54, 1.807) is 4.68 Å². The van der Waals surface area contributed by atoms with Gasteiger partial charge in [0, 0.05) is 6.04 Å². The molecule has 0 N–H and O–H groups in total. The Balaban J connectivity index is 2.25. The molecule has 2 aromatic rings. The smallest absolute Gasteiger partial charge is 0.189 e. The van der Waals surface area contributed by atoms with Gasteiger partial charge in [-0.3, -0.25) is 0 Å². The van der Waals surface area contributed by atoms with Crippen LogP contribution in [0, 0.1) is 25.2 Å². The highest BCUT2D eigenvalue weighted by atomic mass is 16.5. The van der Waals surface area contributed by atoms with Crippen LogP contribution in [0.15, 0.2) is 18.2 Å². The molecule has 0 unspecified atom stereocenters. The summed E-state index contributed by atoms with van der Waals surface area (Å²) >= 11 is 0. The van der Waals surface area contributed by atoms with Gasteiger partial charge in [0.25, 0.3) is 0 Å². The minimum Gasteiger partial charge on any atom is -0.487 e. The van der Waals surface area contributed by atoms with E-state index in [9.17, 15) is 0 Å². The van der Waals surface area contributed by atoms with Crippen LogP contribution in [0.5, 0.6) is 5.75 Å². The summed E-state index contributed by atoms with van der Waals surface area (Å²) in [4.78, 5) is 0. The fourth-order valence-electron chi connectivity index (χ4n) is 1.96. The molecule has 1 aromatic heterocycles. The molecule has 0 bridgehead atoms. The van der Waals surface area contributed by atoms with Crippen molar-refractivity contribution in [3.05, 3.63) is 40.7 Å². The van der Waals surface area contributed by atoms with Crippen molar-refractivity contribution in [3.8, 4) is 11.8 Å². The van der Waals surface area contributed by atoms with Crippen LogP contribution in [0.2, 0.25) is 0 Å². The second kappa shape index (κ2) is 5.74. The van der Waals surface area contributed by atoms with Gasteiger partial charge in [-0.25, -0.2) is 4.68 Å². The van der Waals surface area contributed by atoms with Crippen molar-refractivity contribution < 1.29 is 4.74 Å². The van der Waals surface area contributed by atoms with Gasteiger partial charge in [-0.2, -0.15) is 5.26 Å². The largest absolute Gasteiger partial charge is 0.487 e. The van der Waals surface area contributed by atoms with Crippen LogP contribution in [-0.4, -0.2) is 15.0 Å². The molecule has 0 radical (unpaired) electrons. The van der Waals surface area contributed by atoms with Crippen molar-refractivity contribution >= 4 is 0 Å². The number of hydrogen-bond donors (Lipinski definition) is 0. The molecule has 2 rings (SSSR count). The van der Waals surface area contributed by atoms with Gasteiger partial charge < -0.3 is 4.74 Å². The predicted molar refractivity (Wildman–Crippen MR) is 75.4 cm³/mol. The van der Waals surface area contributed by atoms with Crippen molar-refractivity contribution in [3.63, 3.8) is 0 Å². The number of hydrogen-bond acceptors (Lipinski definition) is 4. The van der Waals surface area contributed by atoms with Crippen molar-refractivity contribution in [2.45, 2.75) is 40.3 Å². The lowest BCUT2D eigenvalue weighted by Crippen LogP contribution is -2.11. The fourth-order valence-corrected chi connectivity index (χ4v) is 1.96. The summed E-state index contributed by atoms with van der Waals surface area (Å²) in [6.45, 7) is 8.30. The Hall–Kier alpha value is -2.35. The first-order valence-electron chi connectivity index (χ1n) is 6.57. The Morgan fingerprint density at radius 3 is 2.75 bits per heavy atom. The standard InChI is InChI=1S/C15H18N4O/c1-10(2)19-14(13(8-16)17-18-19)9-20-15-7-11(3)5-6-12(15)4/h5-7,10H,9H2,1-4H3. The van der Waals surface area contributed by atoms with E-state index in [1.165, 1.54) is 0 Å². The summed E-state index contributed by atoms with van der Waals surface area (Å²) < 4.78 is 7.57. The molecule has 1 aromatic carbocycles. The van der Waals surface area contributed by atoms with E-state index in [2.05, 4.69) is 16.4 Å². The van der Waals surface area contributed by atoms with Gasteiger partial charge in [0.05, 0.1) is 0 Å². The molecule has 5 heteroatoms. The Kier molecular flexibility index (Phi) is 4.04. The Morgan fingerprint density at radius 2 is 2.10 bits per heavy atom. The van der Waals surface area contributed by atoms with Crippen LogP contribution in [0.1, 0.15) is 42.4 Å². The van der Waals surface area contributed by atoms with Crippen LogP contribution in [0.3, 0.4) is 0 Å². The third-order valence-corrected chi connectivity index (χ3v) is 3.09. The first kappa shape index (κ1) is 14.1. The van der Waals surface area contributed by atoms with E-state index >= 15 is 0 Å². The molecule has 0 aliphatic carbocycles. The highest BCUT2D eigenvalue weighted by molar-refractivity contribution is 5.36. The molecule has 0 atom stereocenters. The average Bonchev–Trinajstić information content (AvgIpc) is 2.82. The maximum atomic E-state index is 9.09. The van der Waals surface area contributed by atoms with Crippen LogP contribution in [-0.2, 0) is 6.61 Å². The molecule has 104 valence electrons. The number of aromatic nitrogens is 3. The number of benzene rings is 1. The highest BCUT2D eigenvalue weighted by Gasteiger charge is 2.15. The van der Waals surface area contributed by atoms with Crippen molar-refractivity contribution in [2.24, 2.45) is 0 Å².